The first kappa shape index (κ1) is 14.7. The zero-order chi connectivity index (χ0) is 14.9. The maximum absolute atomic E-state index is 11.7. The molecule has 0 saturated carbocycles. The Morgan fingerprint density at radius 1 is 1.48 bits per heavy atom. The Hall–Kier alpha value is -1.25. The first-order valence-electron chi connectivity index (χ1n) is 6.72. The Labute approximate surface area is 127 Å². The lowest BCUT2D eigenvalue weighted by atomic mass is 10.0. The van der Waals surface area contributed by atoms with Crippen LogP contribution in [0.2, 0.25) is 0 Å². The van der Waals surface area contributed by atoms with Crippen LogP contribution in [-0.4, -0.2) is 38.0 Å². The smallest absolute Gasteiger partial charge is 0.226 e. The molecule has 2 aromatic heterocycles. The quantitative estimate of drug-likeness (QED) is 0.836. The molecular weight excluding hydrogens is 312 g/mol. The van der Waals surface area contributed by atoms with E-state index in [-0.39, 0.29) is 4.21 Å². The van der Waals surface area contributed by atoms with Crippen molar-refractivity contribution >= 4 is 21.2 Å². The number of aromatic nitrogens is 2. The molecule has 0 spiro atoms. The van der Waals surface area contributed by atoms with E-state index in [9.17, 15) is 8.42 Å². The summed E-state index contributed by atoms with van der Waals surface area (Å²) in [5.41, 5.74) is 0.515. The minimum absolute atomic E-state index is 0.277. The van der Waals surface area contributed by atoms with Crippen LogP contribution < -0.4 is 0 Å². The highest BCUT2D eigenvalue weighted by molar-refractivity contribution is 7.92. The van der Waals surface area contributed by atoms with Gasteiger partial charge < -0.3 is 9.26 Å². The lowest BCUT2D eigenvalue weighted by molar-refractivity contribution is 0.183. The first-order valence-corrected chi connectivity index (χ1v) is 9.49. The lowest BCUT2D eigenvalue weighted by Crippen LogP contribution is -2.01. The molecule has 0 aliphatic carbocycles. The van der Waals surface area contributed by atoms with Crippen LogP contribution in [0.5, 0.6) is 0 Å². The highest BCUT2D eigenvalue weighted by atomic mass is 32.2. The van der Waals surface area contributed by atoms with Crippen LogP contribution in [0.4, 0.5) is 0 Å². The summed E-state index contributed by atoms with van der Waals surface area (Å²) in [7, 11) is -3.27. The molecule has 1 fully saturated rings. The lowest BCUT2D eigenvalue weighted by Gasteiger charge is -2.02. The molecule has 1 aliphatic rings. The monoisotopic (exact) mass is 328 g/mol. The van der Waals surface area contributed by atoms with Gasteiger partial charge >= 0.3 is 0 Å². The van der Waals surface area contributed by atoms with Gasteiger partial charge in [0, 0.05) is 25.9 Å². The third kappa shape index (κ3) is 3.33. The van der Waals surface area contributed by atoms with Crippen LogP contribution in [0.1, 0.15) is 18.7 Å². The molecule has 1 unspecified atom stereocenters. The third-order valence-corrected chi connectivity index (χ3v) is 6.26. The van der Waals surface area contributed by atoms with Crippen molar-refractivity contribution in [3.8, 4) is 11.4 Å². The van der Waals surface area contributed by atoms with Gasteiger partial charge in [-0.25, -0.2) is 8.42 Å². The summed E-state index contributed by atoms with van der Waals surface area (Å²) >= 11 is 1.17. The van der Waals surface area contributed by atoms with Crippen molar-refractivity contribution in [2.75, 3.05) is 19.5 Å². The van der Waals surface area contributed by atoms with E-state index in [1.807, 2.05) is 0 Å². The van der Waals surface area contributed by atoms with Gasteiger partial charge in [-0.3, -0.25) is 0 Å². The second-order valence-electron chi connectivity index (χ2n) is 5.17. The number of aryl methyl sites for hydroxylation is 1. The number of rotatable bonds is 5. The SMILES string of the molecule is CS(=O)(=O)c1sccc1-c1noc(CCC2CCOC2)n1. The highest BCUT2D eigenvalue weighted by Gasteiger charge is 2.21. The van der Waals surface area contributed by atoms with Gasteiger partial charge in [0.25, 0.3) is 0 Å². The van der Waals surface area contributed by atoms with Gasteiger partial charge in [-0.2, -0.15) is 4.98 Å². The average molecular weight is 328 g/mol. The van der Waals surface area contributed by atoms with E-state index in [0.717, 1.165) is 26.1 Å². The molecule has 3 rings (SSSR count). The van der Waals surface area contributed by atoms with E-state index in [0.29, 0.717) is 29.6 Å². The number of hydrogen-bond acceptors (Lipinski definition) is 7. The summed E-state index contributed by atoms with van der Waals surface area (Å²) in [6.07, 6.45) is 3.90. The molecule has 0 aromatic carbocycles. The van der Waals surface area contributed by atoms with Crippen LogP contribution in [0.3, 0.4) is 0 Å². The molecular formula is C13H16N2O4S2. The number of ether oxygens (including phenoxy) is 1. The summed E-state index contributed by atoms with van der Waals surface area (Å²) in [6.45, 7) is 1.62. The van der Waals surface area contributed by atoms with Crippen molar-refractivity contribution in [1.29, 1.82) is 0 Å². The fourth-order valence-electron chi connectivity index (χ4n) is 2.35. The molecule has 1 aliphatic heterocycles. The molecule has 6 nitrogen and oxygen atoms in total. The minimum atomic E-state index is -3.27. The summed E-state index contributed by atoms with van der Waals surface area (Å²) in [4.78, 5) is 4.31. The Morgan fingerprint density at radius 3 is 3.05 bits per heavy atom. The molecule has 114 valence electrons. The summed E-state index contributed by atoms with van der Waals surface area (Å²) in [5, 5.41) is 5.62. The molecule has 0 amide bonds. The predicted octanol–water partition coefficient (Wildman–Crippen LogP) is 2.17. The zero-order valence-electron chi connectivity index (χ0n) is 11.6. The number of nitrogens with zero attached hydrogens (tertiary/aromatic N) is 2. The molecule has 2 aromatic rings. The summed E-state index contributed by atoms with van der Waals surface area (Å²) in [6, 6.07) is 1.71. The van der Waals surface area contributed by atoms with Crippen LogP contribution in [-0.2, 0) is 21.0 Å². The van der Waals surface area contributed by atoms with Gasteiger partial charge in [-0.05, 0) is 30.2 Å². The number of sulfone groups is 1. The number of hydrogen-bond donors (Lipinski definition) is 0. The highest BCUT2D eigenvalue weighted by Crippen LogP contribution is 2.30. The fraction of sp³-hybridized carbons (Fsp3) is 0.538. The molecule has 0 N–H and O–H groups in total. The Morgan fingerprint density at radius 2 is 2.33 bits per heavy atom. The molecule has 0 radical (unpaired) electrons. The van der Waals surface area contributed by atoms with Crippen molar-refractivity contribution in [3.05, 3.63) is 17.3 Å². The van der Waals surface area contributed by atoms with Crippen molar-refractivity contribution in [3.63, 3.8) is 0 Å². The molecule has 1 atom stereocenters. The second-order valence-corrected chi connectivity index (χ2v) is 8.30. The van der Waals surface area contributed by atoms with Crippen molar-refractivity contribution in [2.45, 2.75) is 23.5 Å². The van der Waals surface area contributed by atoms with Gasteiger partial charge in [0.15, 0.2) is 9.84 Å². The van der Waals surface area contributed by atoms with Gasteiger partial charge in [-0.1, -0.05) is 5.16 Å². The molecule has 8 heteroatoms. The Kier molecular flexibility index (Phi) is 4.10. The van der Waals surface area contributed by atoms with E-state index >= 15 is 0 Å². The summed E-state index contributed by atoms with van der Waals surface area (Å²) in [5.74, 6) is 1.44. The maximum atomic E-state index is 11.7. The van der Waals surface area contributed by atoms with Crippen LogP contribution in [0.25, 0.3) is 11.4 Å². The van der Waals surface area contributed by atoms with E-state index in [1.165, 1.54) is 17.6 Å². The van der Waals surface area contributed by atoms with Gasteiger partial charge in [-0.15, -0.1) is 11.3 Å². The molecule has 21 heavy (non-hydrogen) atoms. The minimum Gasteiger partial charge on any atom is -0.381 e. The second kappa shape index (κ2) is 5.86. The first-order chi connectivity index (χ1) is 10.0. The number of thiophene rings is 1. The van der Waals surface area contributed by atoms with E-state index < -0.39 is 9.84 Å². The molecule has 3 heterocycles. The molecule has 0 bridgehead atoms. The van der Waals surface area contributed by atoms with Crippen LogP contribution in [0, 0.1) is 5.92 Å². The normalized spacial score (nSPS) is 19.2. The summed E-state index contributed by atoms with van der Waals surface area (Å²) < 4.78 is 34.2. The van der Waals surface area contributed by atoms with E-state index in [2.05, 4.69) is 10.1 Å². The molecule has 1 saturated heterocycles. The van der Waals surface area contributed by atoms with Crippen LogP contribution >= 0.6 is 11.3 Å². The standard InChI is InChI=1S/C13H16N2O4S2/c1-21(16,17)13-10(5-7-20-13)12-14-11(19-15-12)3-2-9-4-6-18-8-9/h5,7,9H,2-4,6,8H2,1H3. The van der Waals surface area contributed by atoms with Crippen LogP contribution in [0.15, 0.2) is 20.2 Å². The van der Waals surface area contributed by atoms with Gasteiger partial charge in [0.1, 0.15) is 4.21 Å². The Balaban J connectivity index is 1.74. The van der Waals surface area contributed by atoms with Gasteiger partial charge in [0.2, 0.25) is 11.7 Å². The van der Waals surface area contributed by atoms with E-state index in [4.69, 9.17) is 9.26 Å². The largest absolute Gasteiger partial charge is 0.381 e. The van der Waals surface area contributed by atoms with E-state index in [1.54, 1.807) is 11.4 Å². The third-order valence-electron chi connectivity index (χ3n) is 3.47. The topological polar surface area (TPSA) is 82.3 Å². The fourth-order valence-corrected chi connectivity index (χ4v) is 4.39. The maximum Gasteiger partial charge on any atom is 0.226 e. The predicted molar refractivity (Wildman–Crippen MR) is 78.0 cm³/mol. The Bertz CT molecular complexity index is 714. The zero-order valence-corrected chi connectivity index (χ0v) is 13.2. The van der Waals surface area contributed by atoms with Crippen molar-refractivity contribution in [1.82, 2.24) is 10.1 Å². The van der Waals surface area contributed by atoms with Gasteiger partial charge in [0.05, 0.1) is 5.56 Å². The van der Waals surface area contributed by atoms with Crippen molar-refractivity contribution in [2.24, 2.45) is 5.92 Å². The van der Waals surface area contributed by atoms with Crippen molar-refractivity contribution < 1.29 is 17.7 Å². The average Bonchev–Trinajstić information content (AvgIpc) is 3.16.